The highest BCUT2D eigenvalue weighted by Gasteiger charge is 2.55. The minimum absolute atomic E-state index is 0.202. The van der Waals surface area contributed by atoms with Crippen LogP contribution in [0, 0.1) is 0 Å². The highest BCUT2D eigenvalue weighted by Crippen LogP contribution is 2.39. The Morgan fingerprint density at radius 2 is 2.04 bits per heavy atom. The number of rotatable bonds is 7. The Kier molecular flexibility index (Phi) is 5.02. The molecular formula is C18H27N5O4. The van der Waals surface area contributed by atoms with Gasteiger partial charge in [0.25, 0.3) is 0 Å². The molecule has 0 amide bonds. The second kappa shape index (κ2) is 7.31. The fourth-order valence-corrected chi connectivity index (χ4v) is 3.70. The van der Waals surface area contributed by atoms with E-state index in [4.69, 9.17) is 18.9 Å². The first-order valence-electron chi connectivity index (χ1n) is 9.46. The lowest BCUT2D eigenvalue weighted by Gasteiger charge is -2.23. The van der Waals surface area contributed by atoms with E-state index >= 15 is 0 Å². The van der Waals surface area contributed by atoms with Crippen LogP contribution in [0.1, 0.15) is 33.6 Å². The van der Waals surface area contributed by atoms with Crippen molar-refractivity contribution in [3.05, 3.63) is 12.7 Å². The van der Waals surface area contributed by atoms with Gasteiger partial charge in [-0.25, -0.2) is 15.0 Å². The van der Waals surface area contributed by atoms with Gasteiger partial charge in [0, 0.05) is 13.7 Å². The average molecular weight is 377 g/mol. The maximum Gasteiger partial charge on any atom is 0.186 e. The summed E-state index contributed by atoms with van der Waals surface area (Å²) in [6, 6.07) is 0. The largest absolute Gasteiger partial charge is 0.368 e. The molecule has 4 atom stereocenters. The van der Waals surface area contributed by atoms with Crippen molar-refractivity contribution >= 4 is 17.0 Å². The second-order valence-corrected chi connectivity index (χ2v) is 7.42. The fraction of sp³-hybridized carbons (Fsp3) is 0.722. The number of hydrogen-bond donors (Lipinski definition) is 1. The van der Waals surface area contributed by atoms with E-state index < -0.39 is 12.1 Å². The molecule has 4 heterocycles. The number of nitrogens with one attached hydrogen (secondary N) is 1. The summed E-state index contributed by atoms with van der Waals surface area (Å²) in [6.45, 7) is 7.37. The number of nitrogens with zero attached hydrogens (tertiary/aromatic N) is 4. The van der Waals surface area contributed by atoms with Gasteiger partial charge in [0.1, 0.15) is 30.2 Å². The Hall–Kier alpha value is -1.81. The molecule has 0 spiro atoms. The first-order chi connectivity index (χ1) is 13.0. The number of ether oxygens (including phenoxy) is 4. The topological polar surface area (TPSA) is 92.6 Å². The van der Waals surface area contributed by atoms with Gasteiger partial charge < -0.3 is 28.8 Å². The second-order valence-electron chi connectivity index (χ2n) is 7.42. The fourth-order valence-electron chi connectivity index (χ4n) is 3.70. The van der Waals surface area contributed by atoms with Crippen LogP contribution in [0.4, 0.5) is 5.82 Å². The van der Waals surface area contributed by atoms with Crippen LogP contribution < -0.4 is 5.32 Å². The molecule has 0 aliphatic carbocycles. The Bertz CT molecular complexity index is 795. The van der Waals surface area contributed by atoms with E-state index in [0.717, 1.165) is 36.4 Å². The van der Waals surface area contributed by atoms with Crippen LogP contribution in [0.5, 0.6) is 0 Å². The summed E-state index contributed by atoms with van der Waals surface area (Å²) in [5.41, 5.74) is 1.53. The Labute approximate surface area is 158 Å². The predicted octanol–water partition coefficient (Wildman–Crippen LogP) is 1.93. The summed E-state index contributed by atoms with van der Waals surface area (Å²) >= 11 is 0. The zero-order valence-corrected chi connectivity index (χ0v) is 16.2. The first-order valence-corrected chi connectivity index (χ1v) is 9.46. The van der Waals surface area contributed by atoms with Gasteiger partial charge in [0.15, 0.2) is 23.5 Å². The van der Waals surface area contributed by atoms with E-state index in [2.05, 4.69) is 27.2 Å². The third-order valence-corrected chi connectivity index (χ3v) is 4.94. The van der Waals surface area contributed by atoms with Gasteiger partial charge in [-0.05, 0) is 20.3 Å². The van der Waals surface area contributed by atoms with Crippen molar-refractivity contribution in [1.29, 1.82) is 0 Å². The predicted molar refractivity (Wildman–Crippen MR) is 98.2 cm³/mol. The molecule has 2 fully saturated rings. The van der Waals surface area contributed by atoms with Crippen LogP contribution >= 0.6 is 0 Å². The van der Waals surface area contributed by atoms with E-state index in [0.29, 0.717) is 6.54 Å². The normalized spacial score (nSPS) is 29.3. The summed E-state index contributed by atoms with van der Waals surface area (Å²) in [6.07, 6.45) is 4.42. The van der Waals surface area contributed by atoms with Crippen LogP contribution in [0.3, 0.4) is 0 Å². The number of unbranched alkanes of at least 4 members (excludes halogenated alkanes) is 1. The molecule has 2 saturated heterocycles. The third kappa shape index (κ3) is 3.52. The molecular weight excluding hydrogens is 350 g/mol. The number of methoxy groups -OCH3 is 1. The highest BCUT2D eigenvalue weighted by atomic mass is 16.8. The number of anilines is 1. The van der Waals surface area contributed by atoms with Gasteiger partial charge in [0.2, 0.25) is 0 Å². The lowest BCUT2D eigenvalue weighted by Crippen LogP contribution is -2.32. The minimum atomic E-state index is -0.649. The van der Waals surface area contributed by atoms with E-state index in [1.807, 2.05) is 18.4 Å². The monoisotopic (exact) mass is 377 g/mol. The van der Waals surface area contributed by atoms with Crippen molar-refractivity contribution < 1.29 is 18.9 Å². The molecule has 0 saturated carbocycles. The van der Waals surface area contributed by atoms with E-state index in [9.17, 15) is 0 Å². The smallest absolute Gasteiger partial charge is 0.186 e. The molecule has 0 bridgehead atoms. The number of hydrogen-bond acceptors (Lipinski definition) is 8. The summed E-state index contributed by atoms with van der Waals surface area (Å²) in [5, 5.41) is 3.34. The first kappa shape index (κ1) is 18.5. The zero-order valence-electron chi connectivity index (χ0n) is 16.2. The van der Waals surface area contributed by atoms with Crippen molar-refractivity contribution in [3.63, 3.8) is 0 Å². The highest BCUT2D eigenvalue weighted by molar-refractivity contribution is 5.82. The van der Waals surface area contributed by atoms with Crippen molar-refractivity contribution in [2.45, 2.75) is 70.5 Å². The molecule has 2 aromatic rings. The molecule has 1 N–H and O–H groups in total. The Balaban J connectivity index is 1.54. The SMILES string of the molecule is CCCCNc1ncnc2c1ncn2C[C@H]1O[C@@H](OC)[C@@H]2OC(C)(C)O[C@@H]21. The summed E-state index contributed by atoms with van der Waals surface area (Å²) in [5.74, 6) is 0.109. The van der Waals surface area contributed by atoms with Gasteiger partial charge >= 0.3 is 0 Å². The van der Waals surface area contributed by atoms with Gasteiger partial charge in [-0.3, -0.25) is 0 Å². The Morgan fingerprint density at radius 1 is 1.22 bits per heavy atom. The lowest BCUT2D eigenvalue weighted by atomic mass is 10.1. The van der Waals surface area contributed by atoms with Crippen LogP contribution in [0.25, 0.3) is 11.2 Å². The van der Waals surface area contributed by atoms with Gasteiger partial charge in [-0.1, -0.05) is 13.3 Å². The molecule has 4 rings (SSSR count). The van der Waals surface area contributed by atoms with Crippen molar-refractivity contribution in [2.24, 2.45) is 0 Å². The van der Waals surface area contributed by atoms with Crippen LogP contribution in [0.15, 0.2) is 12.7 Å². The van der Waals surface area contributed by atoms with Crippen molar-refractivity contribution in [3.8, 4) is 0 Å². The molecule has 2 aromatic heterocycles. The van der Waals surface area contributed by atoms with E-state index in [-0.39, 0.29) is 18.3 Å². The van der Waals surface area contributed by atoms with Gasteiger partial charge in [0.05, 0.1) is 12.9 Å². The van der Waals surface area contributed by atoms with Gasteiger partial charge in [-0.15, -0.1) is 0 Å². The Morgan fingerprint density at radius 3 is 2.81 bits per heavy atom. The summed E-state index contributed by atoms with van der Waals surface area (Å²) < 4.78 is 25.4. The molecule has 0 aromatic carbocycles. The summed E-state index contributed by atoms with van der Waals surface area (Å²) in [7, 11) is 1.62. The minimum Gasteiger partial charge on any atom is -0.368 e. The maximum absolute atomic E-state index is 6.06. The molecule has 0 unspecified atom stereocenters. The van der Waals surface area contributed by atoms with E-state index in [1.165, 1.54) is 0 Å². The third-order valence-electron chi connectivity index (χ3n) is 4.94. The maximum atomic E-state index is 6.06. The molecule has 2 aliphatic heterocycles. The molecule has 9 nitrogen and oxygen atoms in total. The molecule has 0 radical (unpaired) electrons. The van der Waals surface area contributed by atoms with Crippen LogP contribution in [-0.2, 0) is 25.5 Å². The quantitative estimate of drug-likeness (QED) is 0.732. The van der Waals surface area contributed by atoms with Crippen molar-refractivity contribution in [1.82, 2.24) is 19.5 Å². The number of aromatic nitrogens is 4. The molecule has 2 aliphatic rings. The zero-order chi connectivity index (χ0) is 19.0. The number of imidazole rings is 1. The van der Waals surface area contributed by atoms with Crippen molar-refractivity contribution in [2.75, 3.05) is 19.0 Å². The molecule has 27 heavy (non-hydrogen) atoms. The van der Waals surface area contributed by atoms with Gasteiger partial charge in [-0.2, -0.15) is 0 Å². The van der Waals surface area contributed by atoms with Crippen LogP contribution in [-0.4, -0.2) is 63.6 Å². The van der Waals surface area contributed by atoms with E-state index in [1.54, 1.807) is 19.8 Å². The lowest BCUT2D eigenvalue weighted by molar-refractivity contribution is -0.228. The molecule has 9 heteroatoms. The summed E-state index contributed by atoms with van der Waals surface area (Å²) in [4.78, 5) is 13.3. The number of fused-ring (bicyclic) bond motifs is 2. The standard InChI is InChI=1S/C18H27N5O4/c1-5-6-7-19-15-12-16(21-9-20-15)23(10-22-12)8-11-13-14(17(24-4)25-11)27-18(2,3)26-13/h9-11,13-14,17H,5-8H2,1-4H3,(H,19,20,21)/t11-,13-,14-,17-/m1/s1. The molecule has 148 valence electrons. The van der Waals surface area contributed by atoms with Crippen LogP contribution in [0.2, 0.25) is 0 Å². The average Bonchev–Trinajstić information content (AvgIpc) is 3.28.